The number of likely N-dealkylation sites (N-methyl/N-ethyl adjacent to an activating group) is 1. The van der Waals surface area contributed by atoms with E-state index in [1.165, 1.54) is 0 Å². The molecule has 0 saturated heterocycles. The van der Waals surface area contributed by atoms with E-state index in [-0.39, 0.29) is 11.8 Å². The van der Waals surface area contributed by atoms with Gasteiger partial charge < -0.3 is 15.3 Å². The second kappa shape index (κ2) is 6.32. The maximum absolute atomic E-state index is 12.5. The minimum absolute atomic E-state index is 0.0832. The summed E-state index contributed by atoms with van der Waals surface area (Å²) in [5, 5.41) is 13.3. The molecular weight excluding hydrogens is 292 g/mol. The van der Waals surface area contributed by atoms with Crippen LogP contribution < -0.4 is 5.32 Å². The first kappa shape index (κ1) is 16.0. The molecule has 0 heterocycles. The van der Waals surface area contributed by atoms with Gasteiger partial charge in [0.25, 0.3) is 11.8 Å². The van der Waals surface area contributed by atoms with Crippen LogP contribution in [0.5, 0.6) is 0 Å². The predicted octanol–water partition coefficient (Wildman–Crippen LogP) is 1.96. The Balaban J connectivity index is 1.61. The molecule has 1 aromatic rings. The first-order chi connectivity index (χ1) is 11.0. The third-order valence-electron chi connectivity index (χ3n) is 4.72. The Morgan fingerprint density at radius 1 is 1.17 bits per heavy atom. The third-order valence-corrected chi connectivity index (χ3v) is 4.72. The van der Waals surface area contributed by atoms with E-state index in [4.69, 9.17) is 0 Å². The van der Waals surface area contributed by atoms with Crippen LogP contribution in [0.25, 0.3) is 0 Å². The highest BCUT2D eigenvalue weighted by Crippen LogP contribution is 2.30. The fraction of sp³-hybridized carbons (Fsp3) is 0.556. The average molecular weight is 316 g/mol. The van der Waals surface area contributed by atoms with Crippen LogP contribution in [-0.2, 0) is 0 Å². The smallest absolute Gasteiger partial charge is 0.253 e. The Kier molecular flexibility index (Phi) is 4.39. The molecule has 2 saturated carbocycles. The monoisotopic (exact) mass is 316 g/mol. The van der Waals surface area contributed by atoms with Gasteiger partial charge in [-0.1, -0.05) is 12.8 Å². The van der Waals surface area contributed by atoms with Crippen molar-refractivity contribution in [3.05, 3.63) is 35.4 Å². The highest BCUT2D eigenvalue weighted by Gasteiger charge is 2.33. The van der Waals surface area contributed by atoms with Crippen molar-refractivity contribution in [3.63, 3.8) is 0 Å². The van der Waals surface area contributed by atoms with Gasteiger partial charge in [-0.2, -0.15) is 0 Å². The molecule has 1 aromatic carbocycles. The van der Waals surface area contributed by atoms with E-state index < -0.39 is 5.60 Å². The second-order valence-electron chi connectivity index (χ2n) is 6.92. The largest absolute Gasteiger partial charge is 0.388 e. The Morgan fingerprint density at radius 3 is 2.30 bits per heavy atom. The van der Waals surface area contributed by atoms with Gasteiger partial charge in [-0.15, -0.1) is 0 Å². The average Bonchev–Trinajstić information content (AvgIpc) is 3.25. The van der Waals surface area contributed by atoms with Crippen LogP contribution in [-0.4, -0.2) is 47.1 Å². The summed E-state index contributed by atoms with van der Waals surface area (Å²) in [7, 11) is 1.71. The maximum atomic E-state index is 12.5. The molecule has 5 nitrogen and oxygen atoms in total. The molecule has 0 atom stereocenters. The van der Waals surface area contributed by atoms with Gasteiger partial charge in [0, 0.05) is 30.8 Å². The van der Waals surface area contributed by atoms with Crippen LogP contribution in [0.4, 0.5) is 0 Å². The quantitative estimate of drug-likeness (QED) is 0.872. The minimum Gasteiger partial charge on any atom is -0.388 e. The zero-order chi connectivity index (χ0) is 16.4. The highest BCUT2D eigenvalue weighted by atomic mass is 16.3. The molecule has 0 unspecified atom stereocenters. The molecule has 2 aliphatic rings. The molecule has 124 valence electrons. The molecule has 0 bridgehead atoms. The van der Waals surface area contributed by atoms with E-state index in [0.717, 1.165) is 38.5 Å². The highest BCUT2D eigenvalue weighted by molar-refractivity contribution is 5.98. The SMILES string of the molecule is CN(CC1(O)CCCC1)C(=O)c1ccc(C(=O)NC2CC2)cc1. The zero-order valence-electron chi connectivity index (χ0n) is 13.5. The molecule has 2 amide bonds. The van der Waals surface area contributed by atoms with Gasteiger partial charge in [0.1, 0.15) is 0 Å². The minimum atomic E-state index is -0.742. The van der Waals surface area contributed by atoms with Crippen molar-refractivity contribution in [2.45, 2.75) is 50.2 Å². The van der Waals surface area contributed by atoms with E-state index in [9.17, 15) is 14.7 Å². The Bertz CT molecular complexity index is 587. The van der Waals surface area contributed by atoms with Gasteiger partial charge in [0.05, 0.1) is 5.60 Å². The molecule has 2 fully saturated rings. The first-order valence-electron chi connectivity index (χ1n) is 8.36. The molecule has 0 aliphatic heterocycles. The number of amides is 2. The number of rotatable bonds is 5. The molecule has 0 aromatic heterocycles. The third kappa shape index (κ3) is 3.91. The Hall–Kier alpha value is -1.88. The number of aliphatic hydroxyl groups is 1. The lowest BCUT2D eigenvalue weighted by Crippen LogP contribution is -2.42. The van der Waals surface area contributed by atoms with Gasteiger partial charge in [0.15, 0.2) is 0 Å². The number of hydrogen-bond donors (Lipinski definition) is 2. The maximum Gasteiger partial charge on any atom is 0.253 e. The van der Waals surface area contributed by atoms with Crippen LogP contribution in [0.15, 0.2) is 24.3 Å². The second-order valence-corrected chi connectivity index (χ2v) is 6.92. The number of carbonyl (C=O) groups excluding carboxylic acids is 2. The molecule has 2 N–H and O–H groups in total. The summed E-state index contributed by atoms with van der Waals surface area (Å²) < 4.78 is 0. The van der Waals surface area contributed by atoms with E-state index in [1.54, 1.807) is 36.2 Å². The molecule has 5 heteroatoms. The predicted molar refractivity (Wildman–Crippen MR) is 87.3 cm³/mol. The van der Waals surface area contributed by atoms with Crippen LogP contribution in [0.2, 0.25) is 0 Å². The van der Waals surface area contributed by atoms with Gasteiger partial charge in [0.2, 0.25) is 0 Å². The van der Waals surface area contributed by atoms with E-state index in [0.29, 0.717) is 23.7 Å². The summed E-state index contributed by atoms with van der Waals surface area (Å²) in [5.41, 5.74) is 0.372. The van der Waals surface area contributed by atoms with Crippen LogP contribution in [0.1, 0.15) is 59.2 Å². The zero-order valence-corrected chi connectivity index (χ0v) is 13.5. The van der Waals surface area contributed by atoms with E-state index >= 15 is 0 Å². The summed E-state index contributed by atoms with van der Waals surface area (Å²) in [5.74, 6) is -0.209. The van der Waals surface area contributed by atoms with Crippen molar-refractivity contribution >= 4 is 11.8 Å². The summed E-state index contributed by atoms with van der Waals surface area (Å²) >= 11 is 0. The van der Waals surface area contributed by atoms with Gasteiger partial charge in [-0.25, -0.2) is 0 Å². The summed E-state index contributed by atoms with van der Waals surface area (Å²) in [6.07, 6.45) is 5.65. The Morgan fingerprint density at radius 2 is 1.74 bits per heavy atom. The fourth-order valence-electron chi connectivity index (χ4n) is 3.19. The summed E-state index contributed by atoms with van der Waals surface area (Å²) in [6, 6.07) is 7.05. The molecular formula is C18H24N2O3. The van der Waals surface area contributed by atoms with E-state index in [1.807, 2.05) is 0 Å². The number of hydrogen-bond acceptors (Lipinski definition) is 3. The van der Waals surface area contributed by atoms with Crippen LogP contribution >= 0.6 is 0 Å². The lowest BCUT2D eigenvalue weighted by atomic mass is 10.0. The molecule has 3 rings (SSSR count). The van der Waals surface area contributed by atoms with E-state index in [2.05, 4.69) is 5.32 Å². The van der Waals surface area contributed by atoms with Crippen LogP contribution in [0.3, 0.4) is 0 Å². The van der Waals surface area contributed by atoms with Crippen molar-refractivity contribution in [1.82, 2.24) is 10.2 Å². The molecule has 0 radical (unpaired) electrons. The van der Waals surface area contributed by atoms with Crippen molar-refractivity contribution in [2.75, 3.05) is 13.6 Å². The summed E-state index contributed by atoms with van der Waals surface area (Å²) in [6.45, 7) is 0.357. The van der Waals surface area contributed by atoms with Gasteiger partial charge >= 0.3 is 0 Å². The number of nitrogens with one attached hydrogen (secondary N) is 1. The van der Waals surface area contributed by atoms with Crippen molar-refractivity contribution in [3.8, 4) is 0 Å². The van der Waals surface area contributed by atoms with Crippen molar-refractivity contribution < 1.29 is 14.7 Å². The first-order valence-corrected chi connectivity index (χ1v) is 8.36. The lowest BCUT2D eigenvalue weighted by molar-refractivity contribution is 0.0157. The molecule has 0 spiro atoms. The summed E-state index contributed by atoms with van der Waals surface area (Å²) in [4.78, 5) is 26.0. The number of benzene rings is 1. The molecule has 23 heavy (non-hydrogen) atoms. The number of carbonyl (C=O) groups is 2. The van der Waals surface area contributed by atoms with Crippen molar-refractivity contribution in [1.29, 1.82) is 0 Å². The number of nitrogens with zero attached hydrogens (tertiary/aromatic N) is 1. The lowest BCUT2D eigenvalue weighted by Gasteiger charge is -2.28. The Labute approximate surface area is 136 Å². The topological polar surface area (TPSA) is 69.6 Å². The standard InChI is InChI=1S/C18H24N2O3/c1-20(12-18(23)10-2-3-11-18)17(22)14-6-4-13(5-7-14)16(21)19-15-8-9-15/h4-7,15,23H,2-3,8-12H2,1H3,(H,19,21). The van der Waals surface area contributed by atoms with Crippen molar-refractivity contribution in [2.24, 2.45) is 0 Å². The van der Waals surface area contributed by atoms with Crippen LogP contribution in [0, 0.1) is 0 Å². The normalized spacial score (nSPS) is 19.4. The van der Waals surface area contributed by atoms with Gasteiger partial charge in [-0.05, 0) is 49.9 Å². The molecule has 2 aliphatic carbocycles. The van der Waals surface area contributed by atoms with Gasteiger partial charge in [-0.3, -0.25) is 9.59 Å². The fourth-order valence-corrected chi connectivity index (χ4v) is 3.19.